The molecule has 22 heteroatoms. The van der Waals surface area contributed by atoms with Crippen LogP contribution in [0, 0.1) is 11.6 Å². The zero-order chi connectivity index (χ0) is 40.5. The van der Waals surface area contributed by atoms with Gasteiger partial charge in [0.2, 0.25) is 5.88 Å². The number of carbonyl (C=O) groups is 2. The molecule has 0 unspecified atom stereocenters. The van der Waals surface area contributed by atoms with E-state index < -0.39 is 55.4 Å². The van der Waals surface area contributed by atoms with Crippen LogP contribution in [0.15, 0.2) is 29.4 Å². The number of nitrogens with one attached hydrogen (secondary N) is 1. The van der Waals surface area contributed by atoms with Crippen molar-refractivity contribution in [3.63, 3.8) is 0 Å². The lowest BCUT2D eigenvalue weighted by Crippen LogP contribution is -2.41. The van der Waals surface area contributed by atoms with Gasteiger partial charge in [0.15, 0.2) is 16.8 Å². The van der Waals surface area contributed by atoms with Crippen LogP contribution in [0.4, 0.5) is 24.2 Å². The van der Waals surface area contributed by atoms with Gasteiger partial charge in [0, 0.05) is 69.7 Å². The van der Waals surface area contributed by atoms with Gasteiger partial charge in [0.05, 0.1) is 7.11 Å². The summed E-state index contributed by atoms with van der Waals surface area (Å²) in [5.41, 5.74) is -1.09. The van der Waals surface area contributed by atoms with Gasteiger partial charge in [0.1, 0.15) is 17.0 Å². The fourth-order valence-corrected chi connectivity index (χ4v) is 7.66. The molecule has 304 valence electrons. The highest BCUT2D eigenvalue weighted by atomic mass is 32.2. The highest BCUT2D eigenvalue weighted by Crippen LogP contribution is 2.26. The number of anilines is 1. The van der Waals surface area contributed by atoms with Crippen LogP contribution in [0.3, 0.4) is 0 Å². The Bertz CT molecular complexity index is 1830. The lowest BCUT2D eigenvalue weighted by Gasteiger charge is -2.26. The van der Waals surface area contributed by atoms with Crippen LogP contribution in [0.25, 0.3) is 0 Å². The zero-order valence-corrected chi connectivity index (χ0v) is 34.0. The summed E-state index contributed by atoms with van der Waals surface area (Å²) in [4.78, 5) is 35.5. The maximum Gasteiger partial charge on any atom is 0.410 e. The first-order chi connectivity index (χ1) is 25.0. The monoisotopic (exact) mass is 824 g/mol. The van der Waals surface area contributed by atoms with Crippen LogP contribution >= 0.6 is 11.8 Å². The van der Waals surface area contributed by atoms with Crippen molar-refractivity contribution in [3.8, 4) is 5.88 Å². The Kier molecular flexibility index (Phi) is 15.6. The van der Waals surface area contributed by atoms with Gasteiger partial charge in [0.25, 0.3) is 10.2 Å². The van der Waals surface area contributed by atoms with Crippen molar-refractivity contribution in [3.05, 3.63) is 41.5 Å². The first kappa shape index (κ1) is 44.8. The minimum absolute atomic E-state index is 0.0234. The number of carbonyl (C=O) groups excluding carboxylic acids is 2. The maximum atomic E-state index is 14.0. The van der Waals surface area contributed by atoms with Gasteiger partial charge in [-0.05, 0) is 60.5 Å². The zero-order valence-electron chi connectivity index (χ0n) is 31.5. The Hall–Kier alpha value is -3.57. The van der Waals surface area contributed by atoms with Gasteiger partial charge in [-0.15, -0.1) is 0 Å². The normalized spacial score (nSPS) is 16.7. The topological polar surface area (TPSA) is 207 Å². The summed E-state index contributed by atoms with van der Waals surface area (Å²) >= 11 is 0.998. The van der Waals surface area contributed by atoms with Crippen molar-refractivity contribution in [2.75, 3.05) is 64.2 Å². The quantitative estimate of drug-likeness (QED) is 0.288. The SMILES string of the molecule is CC(C)(C)OC(=O)N1CCCN(S(N)(=O)=O)CC1.COc1cc(NS(=O)(=O)N2CCCN(C(=O)OC(C)(C)C)CC2)nc(SCc2cccc(F)c2F)n1. The number of nitrogens with zero attached hydrogens (tertiary/aromatic N) is 6. The fraction of sp³-hybridized carbons (Fsp3) is 0.625. The largest absolute Gasteiger partial charge is 0.481 e. The minimum atomic E-state index is -4.03. The molecule has 0 bridgehead atoms. The first-order valence-corrected chi connectivity index (χ1v) is 20.9. The van der Waals surface area contributed by atoms with Crippen LogP contribution < -0.4 is 14.6 Å². The molecule has 4 rings (SSSR count). The maximum absolute atomic E-state index is 14.0. The van der Waals surface area contributed by atoms with E-state index in [4.69, 9.17) is 19.3 Å². The van der Waals surface area contributed by atoms with Gasteiger partial charge in [-0.1, -0.05) is 23.9 Å². The van der Waals surface area contributed by atoms with E-state index in [0.717, 1.165) is 17.8 Å². The molecule has 0 spiro atoms. The molecule has 3 N–H and O–H groups in total. The molecule has 54 heavy (non-hydrogen) atoms. The number of ether oxygens (including phenoxy) is 3. The van der Waals surface area contributed by atoms with Crippen LogP contribution in [-0.4, -0.2) is 128 Å². The van der Waals surface area contributed by atoms with Crippen molar-refractivity contribution in [2.24, 2.45) is 5.14 Å². The summed E-state index contributed by atoms with van der Waals surface area (Å²) in [6.45, 7) is 12.8. The number of aromatic nitrogens is 2. The standard InChI is InChI=1S/C22H29F2N5O5S2.C10H21N3O4S/c1-22(2,3)34-21(30)28-9-6-10-29(12-11-28)36(31,32)27-17-13-18(33-4)26-20(25-17)35-14-15-7-5-8-16(23)19(15)24;1-10(2,3)17-9(14)12-5-4-6-13(8-7-12)18(11,15)16/h5,7-8,13H,6,9-12,14H2,1-4H3,(H,25,26,27);4-8H2,1-3H3,(H2,11,15,16). The van der Waals surface area contributed by atoms with Crippen molar-refractivity contribution in [1.29, 1.82) is 0 Å². The van der Waals surface area contributed by atoms with E-state index >= 15 is 0 Å². The Morgan fingerprint density at radius 3 is 1.89 bits per heavy atom. The number of thioether (sulfide) groups is 1. The molecular weight excluding hydrogens is 775 g/mol. The van der Waals surface area contributed by atoms with E-state index in [1.807, 2.05) is 0 Å². The molecule has 2 aromatic rings. The van der Waals surface area contributed by atoms with Gasteiger partial charge >= 0.3 is 22.4 Å². The molecule has 0 radical (unpaired) electrons. The van der Waals surface area contributed by atoms with Gasteiger partial charge in [-0.3, -0.25) is 4.72 Å². The van der Waals surface area contributed by atoms with Crippen molar-refractivity contribution < 1.29 is 49.4 Å². The molecule has 1 aromatic heterocycles. The van der Waals surface area contributed by atoms with E-state index in [-0.39, 0.29) is 54.3 Å². The van der Waals surface area contributed by atoms with Gasteiger partial charge < -0.3 is 24.0 Å². The Balaban J connectivity index is 0.000000366. The molecule has 2 saturated heterocycles. The average molecular weight is 825 g/mol. The van der Waals surface area contributed by atoms with E-state index in [1.165, 1.54) is 43.7 Å². The fourth-order valence-electron chi connectivity index (χ4n) is 4.92. The van der Waals surface area contributed by atoms with E-state index in [2.05, 4.69) is 14.7 Å². The van der Waals surface area contributed by atoms with Crippen LogP contribution in [0.1, 0.15) is 59.9 Å². The smallest absolute Gasteiger partial charge is 0.410 e. The summed E-state index contributed by atoms with van der Waals surface area (Å²) in [5, 5.41) is 5.18. The third kappa shape index (κ3) is 14.6. The number of benzene rings is 1. The number of rotatable bonds is 8. The lowest BCUT2D eigenvalue weighted by molar-refractivity contribution is 0.0250. The predicted octanol–water partition coefficient (Wildman–Crippen LogP) is 3.79. The molecule has 0 aliphatic carbocycles. The van der Waals surface area contributed by atoms with Gasteiger partial charge in [-0.2, -0.15) is 30.4 Å². The highest BCUT2D eigenvalue weighted by molar-refractivity contribution is 7.98. The summed E-state index contributed by atoms with van der Waals surface area (Å²) in [5.74, 6) is -1.85. The lowest BCUT2D eigenvalue weighted by atomic mass is 10.2. The second-order valence-corrected chi connectivity index (χ2v) is 18.3. The molecule has 2 aliphatic heterocycles. The van der Waals surface area contributed by atoms with Gasteiger partial charge in [-0.25, -0.2) is 28.5 Å². The number of methoxy groups -OCH3 is 1. The van der Waals surface area contributed by atoms with Crippen LogP contribution in [-0.2, 0) is 35.6 Å². The van der Waals surface area contributed by atoms with E-state index in [0.29, 0.717) is 39.0 Å². The molecular formula is C32H50F2N8O9S3. The summed E-state index contributed by atoms with van der Waals surface area (Å²) < 4.78 is 96.6. The molecule has 3 heterocycles. The molecule has 2 fully saturated rings. The summed E-state index contributed by atoms with van der Waals surface area (Å²) in [7, 11) is -6.34. The molecule has 2 amide bonds. The molecule has 2 aliphatic rings. The Labute approximate surface area is 320 Å². The number of amides is 2. The van der Waals surface area contributed by atoms with Crippen LogP contribution in [0.2, 0.25) is 0 Å². The third-order valence-electron chi connectivity index (χ3n) is 7.43. The highest BCUT2D eigenvalue weighted by Gasteiger charge is 2.30. The summed E-state index contributed by atoms with van der Waals surface area (Å²) in [6, 6.07) is 5.17. The van der Waals surface area contributed by atoms with Crippen molar-refractivity contribution in [1.82, 2.24) is 28.4 Å². The van der Waals surface area contributed by atoms with E-state index in [9.17, 15) is 35.2 Å². The number of hydrogen-bond acceptors (Lipinski definition) is 12. The van der Waals surface area contributed by atoms with Crippen molar-refractivity contribution >= 4 is 50.2 Å². The molecule has 17 nitrogen and oxygen atoms in total. The second-order valence-electron chi connectivity index (χ2n) is 14.2. The second kappa shape index (κ2) is 18.8. The molecule has 1 aromatic carbocycles. The molecule has 0 saturated carbocycles. The summed E-state index contributed by atoms with van der Waals surface area (Å²) in [6.07, 6.45) is 0.0638. The minimum Gasteiger partial charge on any atom is -0.481 e. The Morgan fingerprint density at radius 2 is 1.37 bits per heavy atom. The predicted molar refractivity (Wildman–Crippen MR) is 198 cm³/mol. The average Bonchev–Trinajstić information content (AvgIpc) is 3.47. The van der Waals surface area contributed by atoms with Crippen molar-refractivity contribution in [2.45, 2.75) is 76.5 Å². The number of hydrogen-bond donors (Lipinski definition) is 2. The molecule has 0 atom stereocenters. The Morgan fingerprint density at radius 1 is 0.833 bits per heavy atom. The third-order valence-corrected chi connectivity index (χ3v) is 10.9. The number of nitrogens with two attached hydrogens (primary N) is 1. The van der Waals surface area contributed by atoms with E-state index in [1.54, 1.807) is 41.5 Å². The van der Waals surface area contributed by atoms with Crippen LogP contribution in [0.5, 0.6) is 5.88 Å². The number of halogens is 2. The first-order valence-electron chi connectivity index (χ1n) is 17.0.